The molecule has 0 aliphatic carbocycles. The first-order valence-electron chi connectivity index (χ1n) is 5.29. The van der Waals surface area contributed by atoms with Crippen LogP contribution < -0.4 is 0 Å². The minimum Gasteiger partial charge on any atom is -0.305 e. The summed E-state index contributed by atoms with van der Waals surface area (Å²) in [5.74, 6) is 0. The Morgan fingerprint density at radius 1 is 0.933 bits per heavy atom. The first-order chi connectivity index (χ1) is 7.15. The van der Waals surface area contributed by atoms with E-state index in [0.29, 0.717) is 0 Å². The third kappa shape index (κ3) is 2.37. The van der Waals surface area contributed by atoms with Crippen molar-refractivity contribution in [1.82, 2.24) is 4.90 Å². The molecule has 1 nitrogen and oxygen atoms in total. The Labute approximate surface area is 91.3 Å². The minimum absolute atomic E-state index is 1.00. The van der Waals surface area contributed by atoms with E-state index in [-0.39, 0.29) is 0 Å². The van der Waals surface area contributed by atoms with E-state index >= 15 is 0 Å². The van der Waals surface area contributed by atoms with Crippen molar-refractivity contribution in [2.45, 2.75) is 13.5 Å². The second-order valence-electron chi connectivity index (χ2n) is 4.42. The van der Waals surface area contributed by atoms with Crippen LogP contribution in [-0.4, -0.2) is 19.0 Å². The standard InChI is InChI=1S/C14H17N/c1-11-4-6-14-9-12(10-15(2)3)5-7-13(14)8-11/h4-9H,10H2,1-3H3. The van der Waals surface area contributed by atoms with E-state index in [1.165, 1.54) is 21.9 Å². The average molecular weight is 199 g/mol. The molecular formula is C14H17N. The quantitative estimate of drug-likeness (QED) is 0.718. The maximum atomic E-state index is 2.27. The summed E-state index contributed by atoms with van der Waals surface area (Å²) in [7, 11) is 4.19. The first-order valence-corrected chi connectivity index (χ1v) is 5.29. The fourth-order valence-corrected chi connectivity index (χ4v) is 1.88. The molecule has 0 aliphatic rings. The Balaban J connectivity index is 2.43. The van der Waals surface area contributed by atoms with E-state index < -0.39 is 0 Å². The van der Waals surface area contributed by atoms with Gasteiger partial charge in [0.2, 0.25) is 0 Å². The van der Waals surface area contributed by atoms with Gasteiger partial charge in [-0.25, -0.2) is 0 Å². The molecule has 2 rings (SSSR count). The number of hydrogen-bond donors (Lipinski definition) is 0. The van der Waals surface area contributed by atoms with E-state index in [1.807, 2.05) is 0 Å². The Kier molecular flexibility index (Phi) is 2.74. The lowest BCUT2D eigenvalue weighted by Crippen LogP contribution is -2.10. The Morgan fingerprint density at radius 3 is 2.33 bits per heavy atom. The van der Waals surface area contributed by atoms with Crippen molar-refractivity contribution in [1.29, 1.82) is 0 Å². The first kappa shape index (κ1) is 10.2. The number of hydrogen-bond acceptors (Lipinski definition) is 1. The SMILES string of the molecule is Cc1ccc2cc(CN(C)C)ccc2c1. The van der Waals surface area contributed by atoms with Crippen LogP contribution >= 0.6 is 0 Å². The largest absolute Gasteiger partial charge is 0.305 e. The van der Waals surface area contributed by atoms with Crippen LogP contribution in [0.4, 0.5) is 0 Å². The van der Waals surface area contributed by atoms with E-state index in [4.69, 9.17) is 0 Å². The highest BCUT2D eigenvalue weighted by Gasteiger charge is 1.98. The van der Waals surface area contributed by atoms with Gasteiger partial charge in [0, 0.05) is 6.54 Å². The third-order valence-electron chi connectivity index (χ3n) is 2.56. The van der Waals surface area contributed by atoms with Gasteiger partial charge in [0.15, 0.2) is 0 Å². The van der Waals surface area contributed by atoms with Crippen molar-refractivity contribution in [3.05, 3.63) is 47.5 Å². The lowest BCUT2D eigenvalue weighted by Gasteiger charge is -2.10. The van der Waals surface area contributed by atoms with Crippen LogP contribution in [0, 0.1) is 6.92 Å². The topological polar surface area (TPSA) is 3.24 Å². The van der Waals surface area contributed by atoms with Crippen molar-refractivity contribution in [2.24, 2.45) is 0 Å². The van der Waals surface area contributed by atoms with Crippen molar-refractivity contribution < 1.29 is 0 Å². The highest BCUT2D eigenvalue weighted by atomic mass is 15.0. The molecule has 1 heteroatoms. The lowest BCUT2D eigenvalue weighted by atomic mass is 10.0. The molecule has 0 aliphatic heterocycles. The maximum Gasteiger partial charge on any atom is 0.0227 e. The van der Waals surface area contributed by atoms with Gasteiger partial charge in [-0.3, -0.25) is 0 Å². The van der Waals surface area contributed by atoms with Crippen molar-refractivity contribution in [3.63, 3.8) is 0 Å². The summed E-state index contributed by atoms with van der Waals surface area (Å²) < 4.78 is 0. The molecule has 2 aromatic rings. The van der Waals surface area contributed by atoms with Crippen LogP contribution in [0.5, 0.6) is 0 Å². The highest BCUT2D eigenvalue weighted by Crippen LogP contribution is 2.18. The van der Waals surface area contributed by atoms with Gasteiger partial charge in [-0.1, -0.05) is 35.9 Å². The van der Waals surface area contributed by atoms with Crippen LogP contribution in [0.3, 0.4) is 0 Å². The minimum atomic E-state index is 1.00. The number of rotatable bonds is 2. The molecule has 2 aromatic carbocycles. The second-order valence-corrected chi connectivity index (χ2v) is 4.42. The zero-order valence-electron chi connectivity index (χ0n) is 9.62. The monoisotopic (exact) mass is 199 g/mol. The normalized spacial score (nSPS) is 11.2. The Hall–Kier alpha value is -1.34. The van der Waals surface area contributed by atoms with Crippen LogP contribution in [-0.2, 0) is 6.54 Å². The predicted octanol–water partition coefficient (Wildman–Crippen LogP) is 3.21. The molecule has 0 N–H and O–H groups in total. The zero-order chi connectivity index (χ0) is 10.8. The summed E-state index contributed by atoms with van der Waals surface area (Å²) in [6.45, 7) is 3.14. The molecule has 0 bridgehead atoms. The number of aryl methyl sites for hydroxylation is 1. The van der Waals surface area contributed by atoms with Gasteiger partial charge in [-0.05, 0) is 43.4 Å². The molecule has 0 heterocycles. The zero-order valence-corrected chi connectivity index (χ0v) is 9.62. The molecule has 0 saturated carbocycles. The molecule has 0 fully saturated rings. The number of fused-ring (bicyclic) bond motifs is 1. The Bertz CT molecular complexity index is 472. The van der Waals surface area contributed by atoms with Crippen molar-refractivity contribution >= 4 is 10.8 Å². The molecule has 0 aromatic heterocycles. The summed E-state index contributed by atoms with van der Waals surface area (Å²) in [6, 6.07) is 13.3. The second kappa shape index (κ2) is 4.03. The summed E-state index contributed by atoms with van der Waals surface area (Å²) in [5, 5.41) is 2.66. The molecule has 0 unspecified atom stereocenters. The van der Waals surface area contributed by atoms with Gasteiger partial charge in [0.25, 0.3) is 0 Å². The predicted molar refractivity (Wildman–Crippen MR) is 66.1 cm³/mol. The van der Waals surface area contributed by atoms with Gasteiger partial charge in [-0.15, -0.1) is 0 Å². The molecule has 15 heavy (non-hydrogen) atoms. The Morgan fingerprint density at radius 2 is 1.60 bits per heavy atom. The summed E-state index contributed by atoms with van der Waals surface area (Å²) in [5.41, 5.74) is 2.69. The molecule has 0 spiro atoms. The van der Waals surface area contributed by atoms with E-state index in [1.54, 1.807) is 0 Å². The van der Waals surface area contributed by atoms with Crippen molar-refractivity contribution in [2.75, 3.05) is 14.1 Å². The van der Waals surface area contributed by atoms with Crippen LogP contribution in [0.25, 0.3) is 10.8 Å². The van der Waals surface area contributed by atoms with Crippen LogP contribution in [0.2, 0.25) is 0 Å². The molecule has 0 saturated heterocycles. The summed E-state index contributed by atoms with van der Waals surface area (Å²) in [6.07, 6.45) is 0. The fourth-order valence-electron chi connectivity index (χ4n) is 1.88. The molecule has 0 radical (unpaired) electrons. The van der Waals surface area contributed by atoms with Crippen molar-refractivity contribution in [3.8, 4) is 0 Å². The highest BCUT2D eigenvalue weighted by molar-refractivity contribution is 5.83. The van der Waals surface area contributed by atoms with Gasteiger partial charge in [0.05, 0.1) is 0 Å². The average Bonchev–Trinajstić information content (AvgIpc) is 2.17. The molecule has 0 amide bonds. The number of nitrogens with zero attached hydrogens (tertiary/aromatic N) is 1. The van der Waals surface area contributed by atoms with Gasteiger partial charge in [-0.2, -0.15) is 0 Å². The molecular weight excluding hydrogens is 182 g/mol. The van der Waals surface area contributed by atoms with E-state index in [2.05, 4.69) is 62.3 Å². The molecule has 0 atom stereocenters. The molecule has 78 valence electrons. The van der Waals surface area contributed by atoms with E-state index in [9.17, 15) is 0 Å². The third-order valence-corrected chi connectivity index (χ3v) is 2.56. The van der Waals surface area contributed by atoms with Gasteiger partial charge >= 0.3 is 0 Å². The van der Waals surface area contributed by atoms with Gasteiger partial charge < -0.3 is 4.90 Å². The lowest BCUT2D eigenvalue weighted by molar-refractivity contribution is 0.403. The smallest absolute Gasteiger partial charge is 0.0227 e. The van der Waals surface area contributed by atoms with Gasteiger partial charge in [0.1, 0.15) is 0 Å². The van der Waals surface area contributed by atoms with Crippen LogP contribution in [0.15, 0.2) is 36.4 Å². The maximum absolute atomic E-state index is 2.27. The van der Waals surface area contributed by atoms with Crippen LogP contribution in [0.1, 0.15) is 11.1 Å². The summed E-state index contributed by atoms with van der Waals surface area (Å²) >= 11 is 0. The van der Waals surface area contributed by atoms with E-state index in [0.717, 1.165) is 6.54 Å². The fraction of sp³-hybridized carbons (Fsp3) is 0.286. The number of benzene rings is 2. The summed E-state index contributed by atoms with van der Waals surface area (Å²) in [4.78, 5) is 2.19.